The second-order valence-electron chi connectivity index (χ2n) is 10.1. The van der Waals surface area contributed by atoms with E-state index in [2.05, 4.69) is 141 Å². The predicted octanol–water partition coefficient (Wildman–Crippen LogP) is 10.1. The van der Waals surface area contributed by atoms with Crippen LogP contribution in [0, 0.1) is 6.57 Å². The maximum atomic E-state index is 7.50. The number of para-hydroxylation sites is 3. The normalized spacial score (nSPS) is 11.5. The van der Waals surface area contributed by atoms with E-state index in [0.717, 1.165) is 44.3 Å². The van der Waals surface area contributed by atoms with Crippen molar-refractivity contribution in [3.63, 3.8) is 0 Å². The van der Waals surface area contributed by atoms with Crippen LogP contribution in [0.2, 0.25) is 0 Å². The minimum Gasteiger partial charge on any atom is -0.309 e. The van der Waals surface area contributed by atoms with E-state index >= 15 is 0 Å². The smallest absolute Gasteiger partial charge is 0.188 e. The van der Waals surface area contributed by atoms with Gasteiger partial charge >= 0.3 is 0 Å². The lowest BCUT2D eigenvalue weighted by atomic mass is 10.0. The molecule has 3 heteroatoms. The fraction of sp³-hybridized carbons (Fsp3) is 0. The van der Waals surface area contributed by atoms with Crippen molar-refractivity contribution in [1.82, 2.24) is 9.13 Å². The Bertz CT molecular complexity index is 2240. The molecule has 2 aromatic heterocycles. The van der Waals surface area contributed by atoms with E-state index in [1.165, 1.54) is 21.8 Å². The lowest BCUT2D eigenvalue weighted by Gasteiger charge is -2.12. The summed E-state index contributed by atoms with van der Waals surface area (Å²) in [6.07, 6.45) is 0. The van der Waals surface area contributed by atoms with Crippen molar-refractivity contribution >= 4 is 49.3 Å². The highest BCUT2D eigenvalue weighted by atomic mass is 15.0. The summed E-state index contributed by atoms with van der Waals surface area (Å²) in [6.45, 7) is 7.50. The zero-order valence-corrected chi connectivity index (χ0v) is 21.6. The van der Waals surface area contributed by atoms with Gasteiger partial charge in [-0.25, -0.2) is 4.85 Å². The Hall–Kier alpha value is -5.59. The van der Waals surface area contributed by atoms with E-state index in [9.17, 15) is 0 Å². The van der Waals surface area contributed by atoms with Gasteiger partial charge in [0.05, 0.1) is 28.6 Å². The van der Waals surface area contributed by atoms with Gasteiger partial charge < -0.3 is 9.13 Å². The molecule has 0 aliphatic carbocycles. The van der Waals surface area contributed by atoms with Crippen LogP contribution in [0.1, 0.15) is 0 Å². The average molecular weight is 510 g/mol. The van der Waals surface area contributed by atoms with Gasteiger partial charge in [-0.15, -0.1) is 0 Å². The highest BCUT2D eigenvalue weighted by Gasteiger charge is 2.14. The van der Waals surface area contributed by atoms with Crippen LogP contribution in [0.3, 0.4) is 0 Å². The third-order valence-electron chi connectivity index (χ3n) is 7.91. The number of hydrogen-bond donors (Lipinski definition) is 0. The number of nitrogens with zero attached hydrogens (tertiary/aromatic N) is 3. The molecule has 0 saturated heterocycles. The minimum absolute atomic E-state index is 0.658. The van der Waals surface area contributed by atoms with Crippen molar-refractivity contribution in [1.29, 1.82) is 0 Å². The Morgan fingerprint density at radius 1 is 0.400 bits per heavy atom. The van der Waals surface area contributed by atoms with Crippen LogP contribution in [0.4, 0.5) is 5.69 Å². The molecule has 0 aliphatic rings. The highest BCUT2D eigenvalue weighted by molar-refractivity contribution is 6.11. The fourth-order valence-electron chi connectivity index (χ4n) is 6.16. The first-order valence-electron chi connectivity index (χ1n) is 13.4. The summed E-state index contributed by atoms with van der Waals surface area (Å²) in [4.78, 5) is 3.67. The summed E-state index contributed by atoms with van der Waals surface area (Å²) in [5, 5.41) is 4.78. The average Bonchev–Trinajstić information content (AvgIpc) is 3.54. The summed E-state index contributed by atoms with van der Waals surface area (Å²) in [5.74, 6) is 0. The van der Waals surface area contributed by atoms with Crippen molar-refractivity contribution in [2.75, 3.05) is 0 Å². The third kappa shape index (κ3) is 3.30. The Morgan fingerprint density at radius 2 is 0.850 bits per heavy atom. The second-order valence-corrected chi connectivity index (χ2v) is 10.1. The Balaban J connectivity index is 1.31. The number of benzene rings is 6. The number of hydrogen-bond acceptors (Lipinski definition) is 0. The fourth-order valence-corrected chi connectivity index (χ4v) is 6.16. The van der Waals surface area contributed by atoms with Crippen LogP contribution in [0.15, 0.2) is 140 Å². The van der Waals surface area contributed by atoms with Gasteiger partial charge in [0.1, 0.15) is 0 Å². The van der Waals surface area contributed by atoms with E-state index in [4.69, 9.17) is 6.57 Å². The molecule has 0 spiro atoms. The lowest BCUT2D eigenvalue weighted by Crippen LogP contribution is -1.95. The molecule has 0 bridgehead atoms. The molecule has 3 nitrogen and oxygen atoms in total. The number of rotatable bonds is 3. The number of aromatic nitrogens is 2. The largest absolute Gasteiger partial charge is 0.309 e. The number of fused-ring (bicyclic) bond motifs is 6. The van der Waals surface area contributed by atoms with Crippen LogP contribution >= 0.6 is 0 Å². The zero-order valence-electron chi connectivity index (χ0n) is 21.6. The Labute approximate surface area is 231 Å². The van der Waals surface area contributed by atoms with Crippen molar-refractivity contribution in [2.24, 2.45) is 0 Å². The highest BCUT2D eigenvalue weighted by Crippen LogP contribution is 2.36. The van der Waals surface area contributed by atoms with E-state index in [1.807, 2.05) is 12.1 Å². The predicted molar refractivity (Wildman–Crippen MR) is 167 cm³/mol. The van der Waals surface area contributed by atoms with Gasteiger partial charge in [0.2, 0.25) is 0 Å². The van der Waals surface area contributed by atoms with E-state index < -0.39 is 0 Å². The topological polar surface area (TPSA) is 14.2 Å². The SMILES string of the molecule is [C-]#[N+]c1ccc2c(c1)c1ccccc1n2-c1cccc(-c2cccc(-n3c4ccccc4c4ccccc43)c2)c1. The van der Waals surface area contributed by atoms with Crippen molar-refractivity contribution < 1.29 is 0 Å². The molecule has 8 aromatic rings. The summed E-state index contributed by atoms with van der Waals surface area (Å²) in [5.41, 5.74) is 9.87. The molecule has 0 amide bonds. The second kappa shape index (κ2) is 8.73. The van der Waals surface area contributed by atoms with Crippen LogP contribution in [0.25, 0.3) is 71.0 Å². The molecule has 0 N–H and O–H groups in total. The Morgan fingerprint density at radius 3 is 1.35 bits per heavy atom. The maximum absolute atomic E-state index is 7.50. The molecule has 186 valence electrons. The van der Waals surface area contributed by atoms with Gasteiger partial charge in [0.25, 0.3) is 0 Å². The molecule has 0 atom stereocenters. The first-order valence-corrected chi connectivity index (χ1v) is 13.4. The Kier molecular flexibility index (Phi) is 4.89. The quantitative estimate of drug-likeness (QED) is 0.210. The molecule has 2 heterocycles. The zero-order chi connectivity index (χ0) is 26.6. The lowest BCUT2D eigenvalue weighted by molar-refractivity contribution is 1.17. The molecule has 6 aromatic carbocycles. The summed E-state index contributed by atoms with van der Waals surface area (Å²) >= 11 is 0. The molecule has 40 heavy (non-hydrogen) atoms. The summed E-state index contributed by atoms with van der Waals surface area (Å²) < 4.78 is 4.67. The molecular formula is C37H23N3. The monoisotopic (exact) mass is 509 g/mol. The van der Waals surface area contributed by atoms with Crippen LogP contribution in [0.5, 0.6) is 0 Å². The van der Waals surface area contributed by atoms with E-state index in [-0.39, 0.29) is 0 Å². The minimum atomic E-state index is 0.658. The molecular weight excluding hydrogens is 486 g/mol. The first-order chi connectivity index (χ1) is 19.8. The van der Waals surface area contributed by atoms with Crippen molar-refractivity contribution in [3.05, 3.63) is 151 Å². The van der Waals surface area contributed by atoms with Gasteiger partial charge in [-0.1, -0.05) is 84.9 Å². The van der Waals surface area contributed by atoms with Gasteiger partial charge in [-0.05, 0) is 71.1 Å². The third-order valence-corrected chi connectivity index (χ3v) is 7.91. The van der Waals surface area contributed by atoms with Gasteiger partial charge in [-0.3, -0.25) is 0 Å². The maximum Gasteiger partial charge on any atom is 0.188 e. The first kappa shape index (κ1) is 22.4. The molecule has 0 radical (unpaired) electrons. The van der Waals surface area contributed by atoms with E-state index in [0.29, 0.717) is 5.69 Å². The van der Waals surface area contributed by atoms with Crippen LogP contribution in [-0.2, 0) is 0 Å². The van der Waals surface area contributed by atoms with Crippen LogP contribution < -0.4 is 0 Å². The van der Waals surface area contributed by atoms with E-state index in [1.54, 1.807) is 0 Å². The molecule has 0 saturated carbocycles. The van der Waals surface area contributed by atoms with Crippen molar-refractivity contribution in [3.8, 4) is 22.5 Å². The molecule has 0 fully saturated rings. The molecule has 0 aliphatic heterocycles. The summed E-state index contributed by atoms with van der Waals surface area (Å²) in [6, 6.07) is 49.2. The molecule has 0 unspecified atom stereocenters. The standard InChI is InChI=1S/C37H23N3/c1-38-27-20-21-37-33(24-27)32-16-4-7-19-36(32)40(37)29-13-9-11-26(23-29)25-10-8-12-28(22-25)39-34-17-5-2-14-30(34)31-15-3-6-18-35(31)39/h2-24H. The van der Waals surface area contributed by atoms with Crippen molar-refractivity contribution in [2.45, 2.75) is 0 Å². The van der Waals surface area contributed by atoms with Gasteiger partial charge in [0, 0.05) is 27.5 Å². The van der Waals surface area contributed by atoms with Crippen LogP contribution in [-0.4, -0.2) is 9.13 Å². The molecule has 8 rings (SSSR count). The van der Waals surface area contributed by atoms with Gasteiger partial charge in [0.15, 0.2) is 5.69 Å². The summed E-state index contributed by atoms with van der Waals surface area (Å²) in [7, 11) is 0. The van der Waals surface area contributed by atoms with Gasteiger partial charge in [-0.2, -0.15) is 0 Å².